The molecule has 7 nitrogen and oxygen atoms in total. The summed E-state index contributed by atoms with van der Waals surface area (Å²) in [6, 6.07) is 6.51. The van der Waals surface area contributed by atoms with E-state index in [2.05, 4.69) is 20.6 Å². The second-order valence-corrected chi connectivity index (χ2v) is 7.44. The Morgan fingerprint density at radius 3 is 2.64 bits per heavy atom. The zero-order valence-corrected chi connectivity index (χ0v) is 16.5. The fraction of sp³-hybridized carbons (Fsp3) is 0.450. The van der Waals surface area contributed by atoms with E-state index in [9.17, 15) is 9.59 Å². The highest BCUT2D eigenvalue weighted by Crippen LogP contribution is 2.32. The molecule has 2 radical (unpaired) electrons. The van der Waals surface area contributed by atoms with Crippen molar-refractivity contribution in [3.05, 3.63) is 36.3 Å². The van der Waals surface area contributed by atoms with E-state index < -0.39 is 6.04 Å². The SMILES string of the molecule is [B]c1ccc(-c2cnc([C@@H]3CCCN3C(=O)[C@@H](NC(=O)NC)C(C)C)[nH]2)cc1. The van der Waals surface area contributed by atoms with E-state index in [0.717, 1.165) is 29.9 Å². The highest BCUT2D eigenvalue weighted by molar-refractivity contribution is 6.32. The van der Waals surface area contributed by atoms with Crippen molar-refractivity contribution in [3.8, 4) is 11.3 Å². The van der Waals surface area contributed by atoms with Crippen LogP contribution in [0.15, 0.2) is 30.5 Å². The molecule has 0 saturated carbocycles. The van der Waals surface area contributed by atoms with Gasteiger partial charge in [-0.1, -0.05) is 43.6 Å². The number of imidazole rings is 1. The Balaban J connectivity index is 1.79. The van der Waals surface area contributed by atoms with Crippen LogP contribution in [0, 0.1) is 5.92 Å². The van der Waals surface area contributed by atoms with Crippen molar-refractivity contribution in [2.24, 2.45) is 5.92 Å². The van der Waals surface area contributed by atoms with Crippen LogP contribution in [0.5, 0.6) is 0 Å². The summed E-state index contributed by atoms with van der Waals surface area (Å²) in [6.45, 7) is 4.51. The maximum absolute atomic E-state index is 13.2. The van der Waals surface area contributed by atoms with E-state index in [0.29, 0.717) is 12.0 Å². The molecule has 1 aliphatic rings. The molecule has 8 heteroatoms. The van der Waals surface area contributed by atoms with Crippen LogP contribution in [0.2, 0.25) is 0 Å². The molecule has 2 heterocycles. The maximum Gasteiger partial charge on any atom is 0.315 e. The van der Waals surface area contributed by atoms with Gasteiger partial charge in [0.05, 0.1) is 17.9 Å². The lowest BCUT2D eigenvalue weighted by atomic mass is 9.95. The number of hydrogen-bond acceptors (Lipinski definition) is 3. The van der Waals surface area contributed by atoms with Crippen molar-refractivity contribution in [1.82, 2.24) is 25.5 Å². The van der Waals surface area contributed by atoms with Gasteiger partial charge in [0, 0.05) is 13.6 Å². The number of aromatic nitrogens is 2. The monoisotopic (exact) mass is 379 g/mol. The van der Waals surface area contributed by atoms with Crippen LogP contribution < -0.4 is 16.1 Å². The molecule has 0 spiro atoms. The molecule has 0 aliphatic carbocycles. The topological polar surface area (TPSA) is 90.1 Å². The average Bonchev–Trinajstić information content (AvgIpc) is 3.34. The van der Waals surface area contributed by atoms with Gasteiger partial charge in [0.1, 0.15) is 19.7 Å². The highest BCUT2D eigenvalue weighted by Gasteiger charge is 2.37. The number of carbonyl (C=O) groups is 2. The molecule has 0 unspecified atom stereocenters. The molecule has 1 saturated heterocycles. The van der Waals surface area contributed by atoms with Crippen molar-refractivity contribution in [3.63, 3.8) is 0 Å². The lowest BCUT2D eigenvalue weighted by molar-refractivity contribution is -0.135. The van der Waals surface area contributed by atoms with Gasteiger partial charge < -0.3 is 20.5 Å². The number of amides is 3. The Labute approximate surface area is 166 Å². The minimum Gasteiger partial charge on any atom is -0.341 e. The maximum atomic E-state index is 13.2. The van der Waals surface area contributed by atoms with Gasteiger partial charge in [-0.15, -0.1) is 0 Å². The number of carbonyl (C=O) groups excluding carboxylic acids is 2. The van der Waals surface area contributed by atoms with Crippen molar-refractivity contribution in [2.45, 2.75) is 38.8 Å². The summed E-state index contributed by atoms with van der Waals surface area (Å²) in [5, 5.41) is 5.28. The molecule has 146 valence electrons. The van der Waals surface area contributed by atoms with Gasteiger partial charge in [0.2, 0.25) is 5.91 Å². The van der Waals surface area contributed by atoms with Crippen LogP contribution in [-0.2, 0) is 4.79 Å². The first-order valence-electron chi connectivity index (χ1n) is 9.60. The molecule has 2 atom stereocenters. The van der Waals surface area contributed by atoms with Gasteiger partial charge in [0.25, 0.3) is 0 Å². The molecule has 3 rings (SSSR count). The third kappa shape index (κ3) is 4.21. The summed E-state index contributed by atoms with van der Waals surface area (Å²) in [5.41, 5.74) is 2.59. The summed E-state index contributed by atoms with van der Waals surface area (Å²) in [7, 11) is 7.29. The van der Waals surface area contributed by atoms with Gasteiger partial charge in [-0.2, -0.15) is 0 Å². The van der Waals surface area contributed by atoms with Gasteiger partial charge in [-0.05, 0) is 24.3 Å². The van der Waals surface area contributed by atoms with Crippen LogP contribution in [0.3, 0.4) is 0 Å². The lowest BCUT2D eigenvalue weighted by Gasteiger charge is -2.30. The van der Waals surface area contributed by atoms with Crippen LogP contribution in [0.4, 0.5) is 4.79 Å². The van der Waals surface area contributed by atoms with E-state index in [1.165, 1.54) is 7.05 Å². The molecule has 0 bridgehead atoms. The minimum absolute atomic E-state index is 0.0204. The zero-order valence-electron chi connectivity index (χ0n) is 16.5. The Bertz CT molecular complexity index is 833. The number of rotatable bonds is 5. The smallest absolute Gasteiger partial charge is 0.315 e. The summed E-state index contributed by atoms with van der Waals surface area (Å²) in [6.07, 6.45) is 3.52. The predicted molar refractivity (Wildman–Crippen MR) is 109 cm³/mol. The summed E-state index contributed by atoms with van der Waals surface area (Å²) in [4.78, 5) is 34.6. The average molecular weight is 379 g/mol. The van der Waals surface area contributed by atoms with E-state index in [1.807, 2.05) is 43.0 Å². The Morgan fingerprint density at radius 1 is 1.29 bits per heavy atom. The summed E-state index contributed by atoms with van der Waals surface area (Å²) < 4.78 is 0. The van der Waals surface area contributed by atoms with Crippen LogP contribution >= 0.6 is 0 Å². The second kappa shape index (κ2) is 8.50. The fourth-order valence-electron chi connectivity index (χ4n) is 3.54. The molecule has 2 aromatic rings. The van der Waals surface area contributed by atoms with Gasteiger partial charge in [-0.3, -0.25) is 4.79 Å². The van der Waals surface area contributed by atoms with Gasteiger partial charge >= 0.3 is 6.03 Å². The molecular weight excluding hydrogens is 353 g/mol. The van der Waals surface area contributed by atoms with Crippen molar-refractivity contribution < 1.29 is 9.59 Å². The lowest BCUT2D eigenvalue weighted by Crippen LogP contribution is -2.53. The van der Waals surface area contributed by atoms with Crippen LogP contribution in [-0.4, -0.2) is 54.3 Å². The molecule has 1 aliphatic heterocycles. The molecule has 3 amide bonds. The third-order valence-electron chi connectivity index (χ3n) is 5.12. The van der Waals surface area contributed by atoms with Gasteiger partial charge in [0.15, 0.2) is 0 Å². The zero-order chi connectivity index (χ0) is 20.3. The highest BCUT2D eigenvalue weighted by atomic mass is 16.2. The number of urea groups is 1. The first kappa shape index (κ1) is 20.0. The second-order valence-electron chi connectivity index (χ2n) is 7.44. The fourth-order valence-corrected chi connectivity index (χ4v) is 3.54. The third-order valence-corrected chi connectivity index (χ3v) is 5.12. The Morgan fingerprint density at radius 2 is 2.00 bits per heavy atom. The van der Waals surface area contributed by atoms with Crippen molar-refractivity contribution >= 4 is 25.2 Å². The quantitative estimate of drug-likeness (QED) is 0.688. The van der Waals surface area contributed by atoms with E-state index in [4.69, 9.17) is 7.85 Å². The normalized spacial score (nSPS) is 17.6. The number of H-pyrrole nitrogens is 1. The Kier molecular flexibility index (Phi) is 6.07. The number of nitrogens with one attached hydrogen (secondary N) is 3. The molecule has 3 N–H and O–H groups in total. The van der Waals surface area contributed by atoms with E-state index in [1.54, 1.807) is 6.20 Å². The molecule has 1 aromatic carbocycles. The Hall–Kier alpha value is -2.77. The number of benzene rings is 1. The van der Waals surface area contributed by atoms with Crippen LogP contribution in [0.1, 0.15) is 38.6 Å². The largest absolute Gasteiger partial charge is 0.341 e. The van der Waals surface area contributed by atoms with E-state index >= 15 is 0 Å². The predicted octanol–water partition coefficient (Wildman–Crippen LogP) is 1.49. The van der Waals surface area contributed by atoms with Crippen LogP contribution in [0.25, 0.3) is 11.3 Å². The molecule has 28 heavy (non-hydrogen) atoms. The molecule has 1 aromatic heterocycles. The summed E-state index contributed by atoms with van der Waals surface area (Å²) in [5.74, 6) is 0.666. The van der Waals surface area contributed by atoms with Crippen molar-refractivity contribution in [1.29, 1.82) is 0 Å². The van der Waals surface area contributed by atoms with E-state index in [-0.39, 0.29) is 23.9 Å². The number of nitrogens with zero attached hydrogens (tertiary/aromatic N) is 2. The number of likely N-dealkylation sites (tertiary alicyclic amines) is 1. The van der Waals surface area contributed by atoms with Gasteiger partial charge in [-0.25, -0.2) is 9.78 Å². The molecule has 1 fully saturated rings. The number of hydrogen-bond donors (Lipinski definition) is 3. The first-order chi connectivity index (χ1) is 13.4. The molecular formula is C20H26BN5O2. The summed E-state index contributed by atoms with van der Waals surface area (Å²) >= 11 is 0. The minimum atomic E-state index is -0.577. The van der Waals surface area contributed by atoms with Crippen molar-refractivity contribution in [2.75, 3.05) is 13.6 Å². The first-order valence-corrected chi connectivity index (χ1v) is 9.60. The standard InChI is InChI=1S/C20H26BN5O2/c1-12(2)17(25-20(28)22-3)19(27)26-10-4-5-16(26)18-23-11-15(24-18)13-6-8-14(21)9-7-13/h6-9,11-12,16-17H,4-5,10H2,1-3H3,(H,23,24)(H2,22,25,28)/t16-,17-/m0/s1. The number of aromatic amines is 1.